The van der Waals surface area contributed by atoms with Crippen LogP contribution in [-0.4, -0.2) is 17.8 Å². The molecule has 1 aliphatic rings. The third kappa shape index (κ3) is 3.63. The Labute approximate surface area is 125 Å². The zero-order chi connectivity index (χ0) is 14.5. The lowest BCUT2D eigenvalue weighted by Crippen LogP contribution is -2.24. The van der Waals surface area contributed by atoms with Gasteiger partial charge in [0.25, 0.3) is 0 Å². The molecular formula is C18H20O3. The molecule has 110 valence electrons. The Balaban J connectivity index is 1.70. The Bertz CT molecular complexity index is 560. The number of aliphatic hydroxyl groups excluding tert-OH is 1. The number of rotatable bonds is 4. The molecule has 0 amide bonds. The molecular weight excluding hydrogens is 264 g/mol. The van der Waals surface area contributed by atoms with Crippen LogP contribution in [0, 0.1) is 0 Å². The van der Waals surface area contributed by atoms with Gasteiger partial charge in [0.15, 0.2) is 0 Å². The largest absolute Gasteiger partial charge is 0.489 e. The minimum atomic E-state index is -0.335. The molecule has 2 aromatic rings. The summed E-state index contributed by atoms with van der Waals surface area (Å²) in [5, 5.41) is 9.54. The minimum absolute atomic E-state index is 0.0142. The summed E-state index contributed by atoms with van der Waals surface area (Å²) in [6, 6.07) is 18.1. The Morgan fingerprint density at radius 3 is 2.52 bits per heavy atom. The topological polar surface area (TPSA) is 38.7 Å². The molecule has 0 aliphatic carbocycles. The molecule has 2 atom stereocenters. The van der Waals surface area contributed by atoms with Crippen molar-refractivity contribution in [2.75, 3.05) is 6.61 Å². The van der Waals surface area contributed by atoms with Crippen LogP contribution in [0.4, 0.5) is 0 Å². The fourth-order valence-electron chi connectivity index (χ4n) is 2.60. The second-order valence-electron chi connectivity index (χ2n) is 5.37. The summed E-state index contributed by atoms with van der Waals surface area (Å²) >= 11 is 0. The highest BCUT2D eigenvalue weighted by molar-refractivity contribution is 5.35. The van der Waals surface area contributed by atoms with Gasteiger partial charge < -0.3 is 14.6 Å². The molecule has 0 spiro atoms. The molecule has 1 aliphatic heterocycles. The maximum Gasteiger partial charge on any atom is 0.125 e. The second-order valence-corrected chi connectivity index (χ2v) is 5.37. The van der Waals surface area contributed by atoms with Gasteiger partial charge in [-0.15, -0.1) is 0 Å². The van der Waals surface area contributed by atoms with Crippen molar-refractivity contribution in [3.8, 4) is 5.75 Å². The zero-order valence-corrected chi connectivity index (χ0v) is 11.9. The van der Waals surface area contributed by atoms with E-state index in [0.717, 1.165) is 29.7 Å². The van der Waals surface area contributed by atoms with Crippen molar-refractivity contribution in [2.24, 2.45) is 0 Å². The quantitative estimate of drug-likeness (QED) is 0.934. The van der Waals surface area contributed by atoms with Gasteiger partial charge in [-0.3, -0.25) is 0 Å². The Morgan fingerprint density at radius 1 is 1.00 bits per heavy atom. The number of aliphatic hydroxyl groups is 1. The lowest BCUT2D eigenvalue weighted by atomic mass is 9.99. The van der Waals surface area contributed by atoms with Crippen molar-refractivity contribution in [1.29, 1.82) is 0 Å². The monoisotopic (exact) mass is 284 g/mol. The lowest BCUT2D eigenvalue weighted by molar-refractivity contribution is -0.0577. The van der Waals surface area contributed by atoms with Crippen molar-refractivity contribution < 1.29 is 14.6 Å². The number of para-hydroxylation sites is 1. The number of hydrogen-bond acceptors (Lipinski definition) is 3. The van der Waals surface area contributed by atoms with Gasteiger partial charge in [-0.25, -0.2) is 0 Å². The summed E-state index contributed by atoms with van der Waals surface area (Å²) in [5.74, 6) is 0.864. The van der Waals surface area contributed by atoms with Gasteiger partial charge in [-0.05, 0) is 24.5 Å². The zero-order valence-electron chi connectivity index (χ0n) is 11.9. The molecule has 0 saturated carbocycles. The second kappa shape index (κ2) is 6.74. The van der Waals surface area contributed by atoms with E-state index >= 15 is 0 Å². The summed E-state index contributed by atoms with van der Waals surface area (Å²) < 4.78 is 11.7. The summed E-state index contributed by atoms with van der Waals surface area (Å²) in [7, 11) is 0. The predicted molar refractivity (Wildman–Crippen MR) is 81.1 cm³/mol. The summed E-state index contributed by atoms with van der Waals surface area (Å²) in [4.78, 5) is 0. The van der Waals surface area contributed by atoms with Gasteiger partial charge in [-0.2, -0.15) is 0 Å². The molecule has 3 heteroatoms. The van der Waals surface area contributed by atoms with E-state index in [4.69, 9.17) is 9.47 Å². The molecule has 2 unspecified atom stereocenters. The van der Waals surface area contributed by atoms with Crippen LogP contribution in [0.2, 0.25) is 0 Å². The molecule has 3 rings (SSSR count). The minimum Gasteiger partial charge on any atom is -0.489 e. The van der Waals surface area contributed by atoms with E-state index in [9.17, 15) is 5.11 Å². The van der Waals surface area contributed by atoms with Gasteiger partial charge in [0.1, 0.15) is 12.4 Å². The number of hydrogen-bond donors (Lipinski definition) is 1. The lowest BCUT2D eigenvalue weighted by Gasteiger charge is -2.27. The van der Waals surface area contributed by atoms with Gasteiger partial charge in [-0.1, -0.05) is 48.5 Å². The first-order chi connectivity index (χ1) is 10.3. The molecule has 0 radical (unpaired) electrons. The molecule has 1 saturated heterocycles. The van der Waals surface area contributed by atoms with E-state index in [2.05, 4.69) is 12.1 Å². The van der Waals surface area contributed by atoms with E-state index in [-0.39, 0.29) is 12.2 Å². The highest BCUT2D eigenvalue weighted by Gasteiger charge is 2.23. The summed E-state index contributed by atoms with van der Waals surface area (Å²) in [6.45, 7) is 0.949. The molecule has 3 nitrogen and oxygen atoms in total. The van der Waals surface area contributed by atoms with E-state index in [1.54, 1.807) is 0 Å². The first-order valence-electron chi connectivity index (χ1n) is 7.38. The van der Waals surface area contributed by atoms with Gasteiger partial charge >= 0.3 is 0 Å². The van der Waals surface area contributed by atoms with Crippen LogP contribution in [0.1, 0.15) is 30.1 Å². The summed E-state index contributed by atoms with van der Waals surface area (Å²) in [5.41, 5.74) is 2.22. The van der Waals surface area contributed by atoms with Crippen LogP contribution in [0.15, 0.2) is 54.6 Å². The first kappa shape index (κ1) is 14.1. The molecule has 1 heterocycles. The molecule has 21 heavy (non-hydrogen) atoms. The van der Waals surface area contributed by atoms with Crippen LogP contribution in [0.25, 0.3) is 0 Å². The normalized spacial score (nSPS) is 22.0. The van der Waals surface area contributed by atoms with E-state index in [1.165, 1.54) is 0 Å². The third-order valence-electron chi connectivity index (χ3n) is 3.75. The van der Waals surface area contributed by atoms with Crippen molar-refractivity contribution in [3.63, 3.8) is 0 Å². The average molecular weight is 284 g/mol. The van der Waals surface area contributed by atoms with E-state index in [0.29, 0.717) is 13.2 Å². The smallest absolute Gasteiger partial charge is 0.125 e. The van der Waals surface area contributed by atoms with Crippen LogP contribution in [0.3, 0.4) is 0 Å². The Hall–Kier alpha value is -1.84. The van der Waals surface area contributed by atoms with Gasteiger partial charge in [0.2, 0.25) is 0 Å². The maximum absolute atomic E-state index is 9.54. The summed E-state index contributed by atoms with van der Waals surface area (Å²) in [6.07, 6.45) is 1.28. The van der Waals surface area contributed by atoms with Crippen molar-refractivity contribution in [1.82, 2.24) is 0 Å². The van der Waals surface area contributed by atoms with Crippen LogP contribution < -0.4 is 4.74 Å². The fraction of sp³-hybridized carbons (Fsp3) is 0.333. The maximum atomic E-state index is 9.54. The van der Waals surface area contributed by atoms with Crippen LogP contribution >= 0.6 is 0 Å². The number of benzene rings is 2. The predicted octanol–water partition coefficient (Wildman–Crippen LogP) is 3.48. The molecule has 2 aromatic carbocycles. The number of ether oxygens (including phenoxy) is 2. The van der Waals surface area contributed by atoms with Crippen LogP contribution in [0.5, 0.6) is 5.75 Å². The Kier molecular flexibility index (Phi) is 4.53. The van der Waals surface area contributed by atoms with Crippen molar-refractivity contribution in [3.05, 3.63) is 65.7 Å². The third-order valence-corrected chi connectivity index (χ3v) is 3.75. The van der Waals surface area contributed by atoms with Crippen LogP contribution in [-0.2, 0) is 11.3 Å². The fourth-order valence-corrected chi connectivity index (χ4v) is 2.60. The Morgan fingerprint density at radius 2 is 1.76 bits per heavy atom. The van der Waals surface area contributed by atoms with Crippen molar-refractivity contribution >= 4 is 0 Å². The molecule has 0 bridgehead atoms. The highest BCUT2D eigenvalue weighted by atomic mass is 16.5. The SMILES string of the molecule is OC1CCC(c2ccccc2OCc2ccccc2)OC1. The van der Waals surface area contributed by atoms with Gasteiger partial charge in [0.05, 0.1) is 18.8 Å². The molecule has 1 fully saturated rings. The van der Waals surface area contributed by atoms with Crippen molar-refractivity contribution in [2.45, 2.75) is 31.7 Å². The van der Waals surface area contributed by atoms with E-state index in [1.807, 2.05) is 42.5 Å². The highest BCUT2D eigenvalue weighted by Crippen LogP contribution is 2.34. The van der Waals surface area contributed by atoms with E-state index < -0.39 is 0 Å². The van der Waals surface area contributed by atoms with Gasteiger partial charge in [0, 0.05) is 5.56 Å². The average Bonchev–Trinajstić information content (AvgIpc) is 2.55. The molecule has 0 aromatic heterocycles. The first-order valence-corrected chi connectivity index (χ1v) is 7.38. The standard InChI is InChI=1S/C18H20O3/c19-15-10-11-18(21-13-15)16-8-4-5-9-17(16)20-12-14-6-2-1-3-7-14/h1-9,15,18-19H,10-13H2. The molecule has 1 N–H and O–H groups in total.